The Morgan fingerprint density at radius 2 is 1.87 bits per heavy atom. The highest BCUT2D eigenvalue weighted by Crippen LogP contribution is 2.33. The maximum atomic E-state index is 13.0. The number of rotatable bonds is 6. The van der Waals surface area contributed by atoms with Crippen molar-refractivity contribution >= 4 is 22.5 Å². The fourth-order valence-electron chi connectivity index (χ4n) is 3.44. The zero-order valence-corrected chi connectivity index (χ0v) is 15.9. The van der Waals surface area contributed by atoms with Crippen molar-refractivity contribution < 1.29 is 27.1 Å². The number of H-pyrrole nitrogens is 1. The second kappa shape index (κ2) is 8.01. The highest BCUT2D eigenvalue weighted by atomic mass is 19.4. The van der Waals surface area contributed by atoms with Gasteiger partial charge < -0.3 is 15.0 Å². The van der Waals surface area contributed by atoms with E-state index in [-0.39, 0.29) is 24.7 Å². The first kappa shape index (κ1) is 20.3. The molecule has 0 atom stereocenters. The zero-order chi connectivity index (χ0) is 21.3. The summed E-state index contributed by atoms with van der Waals surface area (Å²) in [6.45, 7) is 0.295. The first-order valence-electron chi connectivity index (χ1n) is 9.64. The van der Waals surface area contributed by atoms with Crippen molar-refractivity contribution in [3.05, 3.63) is 59.8 Å². The molecule has 0 aliphatic heterocycles. The van der Waals surface area contributed by atoms with Gasteiger partial charge in [0, 0.05) is 29.4 Å². The minimum absolute atomic E-state index is 0.196. The van der Waals surface area contributed by atoms with Crippen LogP contribution in [0.25, 0.3) is 10.9 Å². The number of aromatic nitrogens is 1. The first-order chi connectivity index (χ1) is 14.3. The fraction of sp³-hybridized carbons (Fsp3) is 0.318. The molecule has 1 aliphatic rings. The highest BCUT2D eigenvalue weighted by Gasteiger charge is 2.34. The molecule has 2 aromatic carbocycles. The molecule has 1 amide bonds. The number of amides is 1. The summed E-state index contributed by atoms with van der Waals surface area (Å²) in [4.78, 5) is 15.3. The minimum Gasteiger partial charge on any atom is -0.493 e. The Kier molecular flexibility index (Phi) is 5.40. The summed E-state index contributed by atoms with van der Waals surface area (Å²) in [5.41, 5.74) is 1.48. The van der Waals surface area contributed by atoms with Crippen molar-refractivity contribution in [2.45, 2.75) is 31.6 Å². The van der Waals surface area contributed by atoms with Crippen LogP contribution in [0.2, 0.25) is 0 Å². The van der Waals surface area contributed by atoms with Gasteiger partial charge in [-0.1, -0.05) is 12.1 Å². The lowest BCUT2D eigenvalue weighted by Gasteiger charge is -2.28. The summed E-state index contributed by atoms with van der Waals surface area (Å²) >= 11 is 0. The summed E-state index contributed by atoms with van der Waals surface area (Å²) in [5.74, 6) is 0.0866. The summed E-state index contributed by atoms with van der Waals surface area (Å²) in [7, 11) is 0. The maximum Gasteiger partial charge on any atom is 0.416 e. The maximum absolute atomic E-state index is 13.0. The van der Waals surface area contributed by atoms with E-state index in [1.54, 1.807) is 18.3 Å². The van der Waals surface area contributed by atoms with Crippen molar-refractivity contribution in [1.82, 2.24) is 4.98 Å². The largest absolute Gasteiger partial charge is 0.493 e. The number of hydrogen-bond donors (Lipinski definition) is 2. The molecule has 1 aliphatic carbocycles. The van der Waals surface area contributed by atoms with Gasteiger partial charge in [-0.15, -0.1) is 0 Å². The quantitative estimate of drug-likeness (QED) is 0.518. The molecule has 158 valence electrons. The average Bonchev–Trinajstić information content (AvgIpc) is 3.07. The third kappa shape index (κ3) is 4.42. The second-order valence-electron chi connectivity index (χ2n) is 7.46. The topological polar surface area (TPSA) is 54.1 Å². The van der Waals surface area contributed by atoms with E-state index in [0.29, 0.717) is 24.5 Å². The molecule has 4 nitrogen and oxygen atoms in total. The van der Waals surface area contributed by atoms with Crippen molar-refractivity contribution in [2.24, 2.45) is 5.92 Å². The van der Waals surface area contributed by atoms with E-state index in [1.807, 2.05) is 6.07 Å². The molecule has 0 saturated heterocycles. The predicted octanol–water partition coefficient (Wildman–Crippen LogP) is 5.49. The first-order valence-corrected chi connectivity index (χ1v) is 9.64. The van der Waals surface area contributed by atoms with Crippen LogP contribution < -0.4 is 10.1 Å². The lowest BCUT2D eigenvalue weighted by Crippen LogP contribution is -2.35. The van der Waals surface area contributed by atoms with Gasteiger partial charge in [-0.05, 0) is 48.7 Å². The van der Waals surface area contributed by atoms with E-state index in [1.165, 1.54) is 12.1 Å². The summed E-state index contributed by atoms with van der Waals surface area (Å²) in [5, 5.41) is 3.60. The summed E-state index contributed by atoms with van der Waals surface area (Å²) in [6.07, 6.45) is -2.59. The Morgan fingerprint density at radius 3 is 2.53 bits per heavy atom. The van der Waals surface area contributed by atoms with Gasteiger partial charge in [0.15, 0.2) is 0 Å². The van der Waals surface area contributed by atoms with Crippen LogP contribution in [0, 0.1) is 5.92 Å². The predicted molar refractivity (Wildman–Crippen MR) is 105 cm³/mol. The molecule has 4 rings (SSSR count). The monoisotopic (exact) mass is 420 g/mol. The van der Waals surface area contributed by atoms with Crippen LogP contribution in [0.4, 0.5) is 23.2 Å². The number of carbonyl (C=O) groups excluding carboxylic acids is 1. The van der Waals surface area contributed by atoms with Crippen LogP contribution in [-0.2, 0) is 17.4 Å². The Labute approximate surface area is 170 Å². The van der Waals surface area contributed by atoms with Crippen molar-refractivity contribution in [3.63, 3.8) is 0 Å². The molecular formula is C22H20F4N2O2. The third-order valence-electron chi connectivity index (χ3n) is 5.30. The molecule has 8 heteroatoms. The van der Waals surface area contributed by atoms with Crippen LogP contribution in [0.5, 0.6) is 5.75 Å². The SMILES string of the molecule is O=C(Nc1c[nH]c2ccc(OCCc3ccc(C(F)(F)F)cc3)cc12)C1CC(F)C1. The van der Waals surface area contributed by atoms with Gasteiger partial charge in [-0.2, -0.15) is 13.2 Å². The van der Waals surface area contributed by atoms with E-state index in [2.05, 4.69) is 10.3 Å². The molecule has 2 N–H and O–H groups in total. The highest BCUT2D eigenvalue weighted by molar-refractivity contribution is 6.03. The number of aromatic amines is 1. The second-order valence-corrected chi connectivity index (χ2v) is 7.46. The summed E-state index contributed by atoms with van der Waals surface area (Å²) < 4.78 is 56.6. The molecule has 30 heavy (non-hydrogen) atoms. The van der Waals surface area contributed by atoms with Gasteiger partial charge in [0.2, 0.25) is 5.91 Å². The van der Waals surface area contributed by atoms with Crippen LogP contribution in [0.15, 0.2) is 48.7 Å². The van der Waals surface area contributed by atoms with Gasteiger partial charge in [-0.3, -0.25) is 4.79 Å². The summed E-state index contributed by atoms with van der Waals surface area (Å²) in [6, 6.07) is 10.4. The Morgan fingerprint density at radius 1 is 1.13 bits per heavy atom. The Hall–Kier alpha value is -3.03. The van der Waals surface area contributed by atoms with Gasteiger partial charge >= 0.3 is 6.18 Å². The van der Waals surface area contributed by atoms with E-state index in [4.69, 9.17) is 4.74 Å². The number of anilines is 1. The molecule has 3 aromatic rings. The molecule has 1 aromatic heterocycles. The smallest absolute Gasteiger partial charge is 0.416 e. The molecule has 0 spiro atoms. The van der Waals surface area contributed by atoms with Crippen molar-refractivity contribution in [2.75, 3.05) is 11.9 Å². The van der Waals surface area contributed by atoms with E-state index in [0.717, 1.165) is 28.6 Å². The zero-order valence-electron chi connectivity index (χ0n) is 15.9. The number of fused-ring (bicyclic) bond motifs is 1. The van der Waals surface area contributed by atoms with Crippen molar-refractivity contribution in [3.8, 4) is 5.75 Å². The molecule has 0 unspecified atom stereocenters. The normalized spacial score (nSPS) is 18.8. The number of ether oxygens (including phenoxy) is 1. The number of carbonyl (C=O) groups is 1. The van der Waals surface area contributed by atoms with Crippen molar-refractivity contribution in [1.29, 1.82) is 0 Å². The Balaban J connectivity index is 1.37. The van der Waals surface area contributed by atoms with Gasteiger partial charge in [0.1, 0.15) is 11.9 Å². The minimum atomic E-state index is -4.35. The molecular weight excluding hydrogens is 400 g/mol. The molecule has 1 saturated carbocycles. The number of hydrogen-bond acceptors (Lipinski definition) is 2. The third-order valence-corrected chi connectivity index (χ3v) is 5.30. The number of alkyl halides is 4. The van der Waals surface area contributed by atoms with Gasteiger partial charge in [-0.25, -0.2) is 4.39 Å². The van der Waals surface area contributed by atoms with E-state index >= 15 is 0 Å². The van der Waals surface area contributed by atoms with E-state index < -0.39 is 17.9 Å². The van der Waals surface area contributed by atoms with Crippen LogP contribution in [-0.4, -0.2) is 23.7 Å². The van der Waals surface area contributed by atoms with Gasteiger partial charge in [0.05, 0.1) is 17.9 Å². The lowest BCUT2D eigenvalue weighted by atomic mass is 9.83. The molecule has 0 radical (unpaired) electrons. The molecule has 1 heterocycles. The van der Waals surface area contributed by atoms with Gasteiger partial charge in [0.25, 0.3) is 0 Å². The average molecular weight is 420 g/mol. The number of nitrogens with one attached hydrogen (secondary N) is 2. The molecule has 1 fully saturated rings. The van der Waals surface area contributed by atoms with Crippen LogP contribution in [0.1, 0.15) is 24.0 Å². The Bertz CT molecular complexity index is 1040. The lowest BCUT2D eigenvalue weighted by molar-refractivity contribution is -0.137. The fourth-order valence-corrected chi connectivity index (χ4v) is 3.44. The number of benzene rings is 2. The van der Waals surface area contributed by atoms with Crippen LogP contribution in [0.3, 0.4) is 0 Å². The van der Waals surface area contributed by atoms with E-state index in [9.17, 15) is 22.4 Å². The molecule has 0 bridgehead atoms. The standard InChI is InChI=1S/C22H20F4N2O2/c23-16-9-14(10-16)21(29)28-20-12-27-19-6-5-17(11-18(19)20)30-8-7-13-1-3-15(4-2-13)22(24,25)26/h1-6,11-12,14,16,27H,7-10H2,(H,28,29). The number of halogens is 4. The van der Waals surface area contributed by atoms with Crippen LogP contribution >= 0.6 is 0 Å².